The normalized spacial score (nSPS) is 15.9. The molecule has 1 aliphatic heterocycles. The highest BCUT2D eigenvalue weighted by molar-refractivity contribution is 8.03. The van der Waals surface area contributed by atoms with Gasteiger partial charge in [0.1, 0.15) is 17.4 Å². The number of non-ortho nitro benzene ring substituents is 1. The molecular formula is C23H16N4O3S. The Balaban J connectivity index is 1.88. The van der Waals surface area contributed by atoms with Crippen molar-refractivity contribution in [3.8, 4) is 6.07 Å². The van der Waals surface area contributed by atoms with Gasteiger partial charge in [-0.25, -0.2) is 0 Å². The number of benzene rings is 2. The van der Waals surface area contributed by atoms with E-state index in [1.807, 2.05) is 36.4 Å². The summed E-state index contributed by atoms with van der Waals surface area (Å²) in [7, 11) is 0. The Morgan fingerprint density at radius 2 is 1.84 bits per heavy atom. The molecule has 0 saturated heterocycles. The second kappa shape index (κ2) is 8.73. The molecule has 152 valence electrons. The molecule has 2 aromatic carbocycles. The van der Waals surface area contributed by atoms with Crippen molar-refractivity contribution in [1.29, 1.82) is 5.26 Å². The summed E-state index contributed by atoms with van der Waals surface area (Å²) >= 11 is 1.38. The molecule has 0 bridgehead atoms. The van der Waals surface area contributed by atoms with E-state index < -0.39 is 10.8 Å². The van der Waals surface area contributed by atoms with Gasteiger partial charge < -0.3 is 10.5 Å². The number of nitro groups is 1. The first-order valence-corrected chi connectivity index (χ1v) is 10.1. The zero-order chi connectivity index (χ0) is 21.8. The molecule has 1 aromatic heterocycles. The van der Waals surface area contributed by atoms with Gasteiger partial charge in [-0.05, 0) is 23.8 Å². The molecule has 0 spiro atoms. The average Bonchev–Trinajstić information content (AvgIpc) is 2.81. The lowest BCUT2D eigenvalue weighted by molar-refractivity contribution is -0.384. The van der Waals surface area contributed by atoms with Gasteiger partial charge in [-0.1, -0.05) is 48.2 Å². The van der Waals surface area contributed by atoms with Gasteiger partial charge in [0, 0.05) is 39.9 Å². The Kier molecular flexibility index (Phi) is 5.69. The summed E-state index contributed by atoms with van der Waals surface area (Å²) in [6.07, 6.45) is 3.35. The van der Waals surface area contributed by atoms with Gasteiger partial charge >= 0.3 is 0 Å². The maximum Gasteiger partial charge on any atom is 0.269 e. The monoisotopic (exact) mass is 428 g/mol. The highest BCUT2D eigenvalue weighted by Crippen LogP contribution is 2.49. The van der Waals surface area contributed by atoms with Gasteiger partial charge in [0.05, 0.1) is 10.8 Å². The second-order valence-electron chi connectivity index (χ2n) is 6.62. The molecule has 1 atom stereocenters. The third-order valence-electron chi connectivity index (χ3n) is 4.70. The summed E-state index contributed by atoms with van der Waals surface area (Å²) < 4.78 is 5.94. The van der Waals surface area contributed by atoms with E-state index in [4.69, 9.17) is 10.5 Å². The number of nitro benzene ring substituents is 1. The Morgan fingerprint density at radius 1 is 1.10 bits per heavy atom. The van der Waals surface area contributed by atoms with Crippen LogP contribution in [0.15, 0.2) is 100 Å². The van der Waals surface area contributed by atoms with Crippen molar-refractivity contribution in [3.63, 3.8) is 0 Å². The van der Waals surface area contributed by atoms with E-state index in [-0.39, 0.29) is 17.1 Å². The van der Waals surface area contributed by atoms with Crippen LogP contribution < -0.4 is 5.73 Å². The first-order valence-electron chi connectivity index (χ1n) is 9.28. The Hall–Kier alpha value is -4.09. The Bertz CT molecular complexity index is 1220. The highest BCUT2D eigenvalue weighted by atomic mass is 32.2. The fraction of sp³-hybridized carbons (Fsp3) is 0.0435. The molecule has 8 heteroatoms. The van der Waals surface area contributed by atoms with Crippen LogP contribution >= 0.6 is 11.8 Å². The lowest BCUT2D eigenvalue weighted by atomic mass is 9.89. The summed E-state index contributed by atoms with van der Waals surface area (Å²) in [4.78, 5) is 16.3. The standard InChI is InChI=1S/C23H16N4O3S/c24-13-19-20(16-7-4-12-26-14-16)22(31-18-10-8-17(9-11-18)27(28)29)21(30-23(19)25)15-5-2-1-3-6-15/h1-12,14,20H,25H2/t20-/m1/s1. The van der Waals surface area contributed by atoms with Crippen LogP contribution in [0.4, 0.5) is 5.69 Å². The van der Waals surface area contributed by atoms with E-state index in [0.29, 0.717) is 5.76 Å². The minimum absolute atomic E-state index is 0.00664. The number of hydrogen-bond donors (Lipinski definition) is 1. The number of allylic oxidation sites excluding steroid dienone is 2. The van der Waals surface area contributed by atoms with E-state index in [1.54, 1.807) is 30.6 Å². The molecule has 2 N–H and O–H groups in total. The van der Waals surface area contributed by atoms with Crippen LogP contribution in [-0.4, -0.2) is 9.91 Å². The zero-order valence-corrected chi connectivity index (χ0v) is 17.0. The molecule has 2 heterocycles. The molecule has 4 rings (SSSR count). The van der Waals surface area contributed by atoms with Gasteiger partial charge in [-0.3, -0.25) is 15.1 Å². The van der Waals surface area contributed by atoms with Gasteiger partial charge in [0.25, 0.3) is 5.69 Å². The van der Waals surface area contributed by atoms with Crippen LogP contribution in [0, 0.1) is 21.4 Å². The topological polar surface area (TPSA) is 115 Å². The first-order chi connectivity index (χ1) is 15.1. The molecular weight excluding hydrogens is 412 g/mol. The van der Waals surface area contributed by atoms with Crippen molar-refractivity contribution >= 4 is 23.2 Å². The molecule has 0 saturated carbocycles. The Morgan fingerprint density at radius 3 is 2.45 bits per heavy atom. The summed E-state index contributed by atoms with van der Waals surface area (Å²) in [6, 6.07) is 21.6. The molecule has 1 aliphatic rings. The largest absolute Gasteiger partial charge is 0.439 e. The molecule has 0 amide bonds. The van der Waals surface area contributed by atoms with Crippen LogP contribution in [0.5, 0.6) is 0 Å². The number of nitrogens with two attached hydrogens (primary N) is 1. The molecule has 0 unspecified atom stereocenters. The molecule has 31 heavy (non-hydrogen) atoms. The van der Waals surface area contributed by atoms with Crippen LogP contribution in [0.25, 0.3) is 5.76 Å². The molecule has 0 fully saturated rings. The number of rotatable bonds is 5. The van der Waals surface area contributed by atoms with E-state index in [2.05, 4.69) is 11.1 Å². The lowest BCUT2D eigenvalue weighted by Crippen LogP contribution is -2.19. The SMILES string of the molecule is N#CC1=C(N)OC(c2ccccc2)=C(Sc2ccc([N+](=O)[O-])cc2)[C@@H]1c1cccnc1. The van der Waals surface area contributed by atoms with E-state index in [9.17, 15) is 15.4 Å². The fourth-order valence-corrected chi connectivity index (χ4v) is 4.41. The first kappa shape index (κ1) is 20.2. The minimum Gasteiger partial charge on any atom is -0.439 e. The van der Waals surface area contributed by atoms with Gasteiger partial charge in [0.15, 0.2) is 0 Å². The van der Waals surface area contributed by atoms with Crippen LogP contribution in [-0.2, 0) is 4.74 Å². The summed E-state index contributed by atoms with van der Waals surface area (Å²) in [5.41, 5.74) is 8.05. The lowest BCUT2D eigenvalue weighted by Gasteiger charge is -2.29. The van der Waals surface area contributed by atoms with Gasteiger partial charge in [0.2, 0.25) is 5.88 Å². The summed E-state index contributed by atoms with van der Waals surface area (Å²) in [6.45, 7) is 0. The summed E-state index contributed by atoms with van der Waals surface area (Å²) in [5.74, 6) is 0.0976. The van der Waals surface area contributed by atoms with Crippen molar-refractivity contribution in [1.82, 2.24) is 4.98 Å². The van der Waals surface area contributed by atoms with Crippen molar-refractivity contribution in [2.45, 2.75) is 10.8 Å². The molecule has 7 nitrogen and oxygen atoms in total. The third kappa shape index (κ3) is 4.13. The van der Waals surface area contributed by atoms with Crippen molar-refractivity contribution in [3.05, 3.63) is 117 Å². The Labute approximate surface area is 182 Å². The number of pyridine rings is 1. The molecule has 3 aromatic rings. The van der Waals surface area contributed by atoms with Crippen molar-refractivity contribution in [2.24, 2.45) is 5.73 Å². The maximum absolute atomic E-state index is 11.0. The smallest absolute Gasteiger partial charge is 0.269 e. The number of aromatic nitrogens is 1. The third-order valence-corrected chi connectivity index (χ3v) is 5.85. The van der Waals surface area contributed by atoms with Crippen LogP contribution in [0.2, 0.25) is 0 Å². The number of hydrogen-bond acceptors (Lipinski definition) is 7. The zero-order valence-electron chi connectivity index (χ0n) is 16.1. The average molecular weight is 428 g/mol. The molecule has 0 radical (unpaired) electrons. The second-order valence-corrected chi connectivity index (χ2v) is 7.74. The predicted octanol–water partition coefficient (Wildman–Crippen LogP) is 4.96. The van der Waals surface area contributed by atoms with E-state index in [0.717, 1.165) is 20.9 Å². The maximum atomic E-state index is 11.0. The van der Waals surface area contributed by atoms with Crippen LogP contribution in [0.3, 0.4) is 0 Å². The minimum atomic E-state index is -0.483. The van der Waals surface area contributed by atoms with Crippen molar-refractivity contribution < 1.29 is 9.66 Å². The van der Waals surface area contributed by atoms with E-state index >= 15 is 0 Å². The quantitative estimate of drug-likeness (QED) is 0.451. The highest BCUT2D eigenvalue weighted by Gasteiger charge is 2.34. The summed E-state index contributed by atoms with van der Waals surface area (Å²) in [5, 5.41) is 20.8. The molecule has 0 aliphatic carbocycles. The van der Waals surface area contributed by atoms with Crippen LogP contribution in [0.1, 0.15) is 17.0 Å². The number of ether oxygens (including phenoxy) is 1. The van der Waals surface area contributed by atoms with Crippen molar-refractivity contribution in [2.75, 3.05) is 0 Å². The number of nitrogens with zero attached hydrogens (tertiary/aromatic N) is 3. The van der Waals surface area contributed by atoms with E-state index in [1.165, 1.54) is 23.9 Å². The van der Waals surface area contributed by atoms with Gasteiger partial charge in [-0.2, -0.15) is 5.26 Å². The number of thioether (sulfide) groups is 1. The predicted molar refractivity (Wildman–Crippen MR) is 117 cm³/mol. The van der Waals surface area contributed by atoms with Gasteiger partial charge in [-0.15, -0.1) is 0 Å². The number of nitriles is 1. The fourth-order valence-electron chi connectivity index (χ4n) is 3.26.